The van der Waals surface area contributed by atoms with Crippen LogP contribution in [-0.4, -0.2) is 33.2 Å². The van der Waals surface area contributed by atoms with Crippen molar-refractivity contribution in [3.63, 3.8) is 0 Å². The van der Waals surface area contributed by atoms with E-state index in [9.17, 15) is 19.5 Å². The highest BCUT2D eigenvalue weighted by molar-refractivity contribution is 5.72. The van der Waals surface area contributed by atoms with Crippen LogP contribution in [0.5, 0.6) is 0 Å². The molecule has 0 fully saturated rings. The third-order valence-electron chi connectivity index (χ3n) is 4.42. The lowest BCUT2D eigenvalue weighted by atomic mass is 9.91. The molecule has 0 amide bonds. The largest absolute Gasteiger partial charge is 0.481 e. The lowest BCUT2D eigenvalue weighted by Gasteiger charge is -2.14. The summed E-state index contributed by atoms with van der Waals surface area (Å²) in [5.74, 6) is -3.96. The molecule has 2 atom stereocenters. The van der Waals surface area contributed by atoms with Crippen molar-refractivity contribution in [3.05, 3.63) is 0 Å². The first-order valence-corrected chi connectivity index (χ1v) is 9.05. The van der Waals surface area contributed by atoms with Gasteiger partial charge in [0.05, 0.1) is 11.8 Å². The Labute approximate surface area is 144 Å². The van der Waals surface area contributed by atoms with Crippen LogP contribution in [0, 0.1) is 11.8 Å². The molecule has 0 aromatic rings. The third-order valence-corrected chi connectivity index (χ3v) is 4.42. The van der Waals surface area contributed by atoms with Gasteiger partial charge in [0.2, 0.25) is 0 Å². The van der Waals surface area contributed by atoms with Crippen molar-refractivity contribution in [2.45, 2.75) is 84.0 Å². The SMILES string of the molecule is CCCCCCCCC(CCCC(CCC(=O)O)C(=O)O)C(=O)O. The van der Waals surface area contributed by atoms with Crippen LogP contribution in [-0.2, 0) is 14.4 Å². The summed E-state index contributed by atoms with van der Waals surface area (Å²) in [7, 11) is 0. The number of hydrogen-bond donors (Lipinski definition) is 3. The second-order valence-electron chi connectivity index (χ2n) is 6.49. The van der Waals surface area contributed by atoms with Crippen molar-refractivity contribution >= 4 is 17.9 Å². The minimum absolute atomic E-state index is 0.0971. The lowest BCUT2D eigenvalue weighted by molar-refractivity contribution is -0.143. The Morgan fingerprint density at radius 2 is 1.12 bits per heavy atom. The zero-order valence-electron chi connectivity index (χ0n) is 14.7. The molecule has 3 N–H and O–H groups in total. The molecule has 24 heavy (non-hydrogen) atoms. The Hall–Kier alpha value is -1.59. The van der Waals surface area contributed by atoms with Gasteiger partial charge in [0, 0.05) is 6.42 Å². The normalized spacial score (nSPS) is 13.4. The fourth-order valence-corrected chi connectivity index (χ4v) is 2.86. The van der Waals surface area contributed by atoms with Crippen molar-refractivity contribution in [1.82, 2.24) is 0 Å². The molecule has 0 heterocycles. The summed E-state index contributed by atoms with van der Waals surface area (Å²) in [6.45, 7) is 2.15. The van der Waals surface area contributed by atoms with Gasteiger partial charge >= 0.3 is 17.9 Å². The summed E-state index contributed by atoms with van der Waals surface area (Å²) < 4.78 is 0. The zero-order valence-corrected chi connectivity index (χ0v) is 14.7. The summed E-state index contributed by atoms with van der Waals surface area (Å²) in [4.78, 5) is 32.9. The molecule has 0 saturated carbocycles. The first kappa shape index (κ1) is 22.4. The van der Waals surface area contributed by atoms with E-state index in [4.69, 9.17) is 10.2 Å². The second kappa shape index (κ2) is 13.8. The van der Waals surface area contributed by atoms with E-state index in [1.54, 1.807) is 0 Å². The van der Waals surface area contributed by atoms with E-state index in [0.717, 1.165) is 19.3 Å². The maximum absolute atomic E-state index is 11.3. The van der Waals surface area contributed by atoms with Crippen molar-refractivity contribution in [1.29, 1.82) is 0 Å². The topological polar surface area (TPSA) is 112 Å². The molecule has 0 saturated heterocycles. The maximum atomic E-state index is 11.3. The van der Waals surface area contributed by atoms with Gasteiger partial charge in [0.1, 0.15) is 0 Å². The van der Waals surface area contributed by atoms with Crippen LogP contribution < -0.4 is 0 Å². The smallest absolute Gasteiger partial charge is 0.306 e. The van der Waals surface area contributed by atoms with Gasteiger partial charge in [-0.05, 0) is 25.7 Å². The fraction of sp³-hybridized carbons (Fsp3) is 0.833. The molecule has 0 bridgehead atoms. The molecule has 6 heteroatoms. The van der Waals surface area contributed by atoms with E-state index < -0.39 is 29.7 Å². The minimum atomic E-state index is -1.01. The number of carboxylic acid groups (broad SMARTS) is 3. The van der Waals surface area contributed by atoms with Crippen LogP contribution in [0.4, 0.5) is 0 Å². The van der Waals surface area contributed by atoms with Crippen molar-refractivity contribution in [2.24, 2.45) is 11.8 Å². The predicted octanol–water partition coefficient (Wildman–Crippen LogP) is 4.17. The fourth-order valence-electron chi connectivity index (χ4n) is 2.86. The Kier molecular flexibility index (Phi) is 12.9. The van der Waals surface area contributed by atoms with Crippen molar-refractivity contribution in [3.8, 4) is 0 Å². The highest BCUT2D eigenvalue weighted by Gasteiger charge is 2.21. The van der Waals surface area contributed by atoms with Crippen LogP contribution in [0.1, 0.15) is 84.0 Å². The molecular formula is C18H32O6. The molecular weight excluding hydrogens is 312 g/mol. The summed E-state index contributed by atoms with van der Waals surface area (Å²) in [6.07, 6.45) is 8.52. The zero-order chi connectivity index (χ0) is 18.4. The Balaban J connectivity index is 4.07. The number of aliphatic carboxylic acids is 3. The maximum Gasteiger partial charge on any atom is 0.306 e. The number of hydrogen-bond acceptors (Lipinski definition) is 3. The molecule has 2 unspecified atom stereocenters. The molecule has 0 radical (unpaired) electrons. The molecule has 6 nitrogen and oxygen atoms in total. The number of unbranched alkanes of at least 4 members (excludes halogenated alkanes) is 5. The minimum Gasteiger partial charge on any atom is -0.481 e. The van der Waals surface area contributed by atoms with E-state index >= 15 is 0 Å². The molecule has 0 rings (SSSR count). The van der Waals surface area contributed by atoms with E-state index in [-0.39, 0.29) is 12.8 Å². The quantitative estimate of drug-likeness (QED) is 0.362. The van der Waals surface area contributed by atoms with Crippen LogP contribution in [0.15, 0.2) is 0 Å². The van der Waals surface area contributed by atoms with Crippen LogP contribution in [0.2, 0.25) is 0 Å². The summed E-state index contributed by atoms with van der Waals surface area (Å²) in [6, 6.07) is 0. The predicted molar refractivity (Wildman–Crippen MR) is 91.0 cm³/mol. The Morgan fingerprint density at radius 1 is 0.667 bits per heavy atom. The molecule has 0 aliphatic carbocycles. The van der Waals surface area contributed by atoms with Gasteiger partial charge in [-0.15, -0.1) is 0 Å². The van der Waals surface area contributed by atoms with Gasteiger partial charge in [-0.25, -0.2) is 0 Å². The average molecular weight is 344 g/mol. The summed E-state index contributed by atoms with van der Waals surface area (Å²) in [5, 5.41) is 27.0. The van der Waals surface area contributed by atoms with Gasteiger partial charge in [-0.1, -0.05) is 51.9 Å². The highest BCUT2D eigenvalue weighted by atomic mass is 16.4. The molecule has 140 valence electrons. The number of carboxylic acids is 3. The molecule has 0 aromatic heterocycles. The van der Waals surface area contributed by atoms with Crippen LogP contribution in [0.3, 0.4) is 0 Å². The molecule has 0 aliphatic heterocycles. The molecule has 0 spiro atoms. The van der Waals surface area contributed by atoms with Gasteiger partial charge < -0.3 is 15.3 Å². The molecule has 0 aliphatic rings. The number of rotatable bonds is 16. The van der Waals surface area contributed by atoms with E-state index in [1.807, 2.05) is 0 Å². The monoisotopic (exact) mass is 344 g/mol. The van der Waals surface area contributed by atoms with E-state index in [2.05, 4.69) is 6.92 Å². The van der Waals surface area contributed by atoms with Gasteiger partial charge in [0.15, 0.2) is 0 Å². The summed E-state index contributed by atoms with van der Waals surface area (Å²) in [5.41, 5.74) is 0. The standard InChI is InChI=1S/C18H32O6/c1-2-3-4-5-6-7-9-14(17(21)22)10-8-11-15(18(23)24)12-13-16(19)20/h14-15H,2-13H2,1H3,(H,19,20)(H,21,22)(H,23,24). The second-order valence-corrected chi connectivity index (χ2v) is 6.49. The molecule has 0 aromatic carbocycles. The highest BCUT2D eigenvalue weighted by Crippen LogP contribution is 2.22. The van der Waals surface area contributed by atoms with Crippen molar-refractivity contribution < 1.29 is 29.7 Å². The summed E-state index contributed by atoms with van der Waals surface area (Å²) >= 11 is 0. The van der Waals surface area contributed by atoms with Crippen LogP contribution >= 0.6 is 0 Å². The van der Waals surface area contributed by atoms with Gasteiger partial charge in [0.25, 0.3) is 0 Å². The third kappa shape index (κ3) is 11.9. The van der Waals surface area contributed by atoms with Gasteiger partial charge in [-0.3, -0.25) is 14.4 Å². The van der Waals surface area contributed by atoms with E-state index in [0.29, 0.717) is 25.7 Å². The van der Waals surface area contributed by atoms with Crippen molar-refractivity contribution in [2.75, 3.05) is 0 Å². The van der Waals surface area contributed by atoms with E-state index in [1.165, 1.54) is 19.3 Å². The van der Waals surface area contributed by atoms with Crippen LogP contribution in [0.25, 0.3) is 0 Å². The lowest BCUT2D eigenvalue weighted by Crippen LogP contribution is -2.17. The average Bonchev–Trinajstić information content (AvgIpc) is 2.50. The first-order chi connectivity index (χ1) is 11.4. The number of carbonyl (C=O) groups is 3. The first-order valence-electron chi connectivity index (χ1n) is 9.05. The Bertz CT molecular complexity index is 380. The Morgan fingerprint density at radius 3 is 1.62 bits per heavy atom. The van der Waals surface area contributed by atoms with Gasteiger partial charge in [-0.2, -0.15) is 0 Å².